The number of benzene rings is 1. The van der Waals surface area contributed by atoms with Crippen LogP contribution in [0.25, 0.3) is 0 Å². The van der Waals surface area contributed by atoms with Gasteiger partial charge in [-0.3, -0.25) is 19.8 Å². The Labute approximate surface area is 169 Å². The van der Waals surface area contributed by atoms with Crippen molar-refractivity contribution in [3.05, 3.63) is 62.9 Å². The lowest BCUT2D eigenvalue weighted by Gasteiger charge is -2.31. The van der Waals surface area contributed by atoms with E-state index in [9.17, 15) is 14.9 Å². The normalized spacial score (nSPS) is 16.4. The lowest BCUT2D eigenvalue weighted by atomic mass is 10.1. The van der Waals surface area contributed by atoms with Crippen molar-refractivity contribution in [3.8, 4) is 0 Å². The van der Waals surface area contributed by atoms with Crippen LogP contribution in [0.1, 0.15) is 47.8 Å². The first-order chi connectivity index (χ1) is 13.5. The summed E-state index contributed by atoms with van der Waals surface area (Å²) in [6, 6.07) is 8.09. The summed E-state index contributed by atoms with van der Waals surface area (Å²) in [6.45, 7) is 2.33. The predicted octanol–water partition coefficient (Wildman–Crippen LogP) is 3.93. The number of halogens is 1. The number of carbonyl (C=O) groups is 1. The minimum Gasteiger partial charge on any atom is -0.353 e. The van der Waals surface area contributed by atoms with Gasteiger partial charge in [0.25, 0.3) is 11.6 Å². The number of carbonyl (C=O) groups excluding carboxylic acids is 1. The summed E-state index contributed by atoms with van der Waals surface area (Å²) in [5.41, 5.74) is 0.855. The van der Waals surface area contributed by atoms with E-state index in [4.69, 9.17) is 11.6 Å². The molecule has 1 aliphatic heterocycles. The highest BCUT2D eigenvalue weighted by Crippen LogP contribution is 2.26. The van der Waals surface area contributed by atoms with E-state index in [1.54, 1.807) is 0 Å². The van der Waals surface area contributed by atoms with E-state index in [0.717, 1.165) is 31.6 Å². The Morgan fingerprint density at radius 3 is 2.57 bits per heavy atom. The second-order valence-corrected chi connectivity index (χ2v) is 7.57. The van der Waals surface area contributed by atoms with Crippen LogP contribution >= 0.6 is 11.6 Å². The molecule has 0 spiro atoms. The Bertz CT molecular complexity index is 844. The maximum atomic E-state index is 12.7. The number of nitrogens with one attached hydrogen (secondary N) is 1. The van der Waals surface area contributed by atoms with Crippen LogP contribution in [0, 0.1) is 10.1 Å². The maximum Gasteiger partial charge on any atom is 0.282 e. The van der Waals surface area contributed by atoms with Crippen molar-refractivity contribution in [2.45, 2.75) is 31.7 Å². The molecule has 8 heteroatoms. The summed E-state index contributed by atoms with van der Waals surface area (Å²) in [4.78, 5) is 25.8. The standard InChI is InChI=1S/C20H25ClN4O3/c1-23-10-6-7-18(23)19(24-11-4-2-3-5-12-24)14-22-20(26)16-13-15(21)8-9-17(16)25(27)28/h6-10,13,19H,2-5,11-12,14H2,1H3,(H,22,26). The monoisotopic (exact) mass is 404 g/mol. The Kier molecular flexibility index (Phi) is 6.70. The number of nitrogens with zero attached hydrogens (tertiary/aromatic N) is 3. The van der Waals surface area contributed by atoms with Crippen molar-refractivity contribution in [2.75, 3.05) is 19.6 Å². The van der Waals surface area contributed by atoms with Gasteiger partial charge in [0.2, 0.25) is 0 Å². The highest BCUT2D eigenvalue weighted by Gasteiger charge is 2.26. The molecule has 28 heavy (non-hydrogen) atoms. The Hall–Kier alpha value is -2.38. The zero-order chi connectivity index (χ0) is 20.1. The number of nitro benzene ring substituents is 1. The first-order valence-electron chi connectivity index (χ1n) is 9.55. The van der Waals surface area contributed by atoms with Crippen LogP contribution in [0.2, 0.25) is 5.02 Å². The Morgan fingerprint density at radius 1 is 1.25 bits per heavy atom. The molecule has 150 valence electrons. The van der Waals surface area contributed by atoms with Crippen LogP contribution in [0.5, 0.6) is 0 Å². The maximum absolute atomic E-state index is 12.7. The number of amides is 1. The zero-order valence-electron chi connectivity index (χ0n) is 15.9. The van der Waals surface area contributed by atoms with Crippen LogP contribution in [0.3, 0.4) is 0 Å². The largest absolute Gasteiger partial charge is 0.353 e. The molecule has 1 amide bonds. The molecule has 2 aromatic rings. The van der Waals surface area contributed by atoms with Crippen LogP contribution in [0.4, 0.5) is 5.69 Å². The molecule has 0 radical (unpaired) electrons. The highest BCUT2D eigenvalue weighted by atomic mass is 35.5. The fraction of sp³-hybridized carbons (Fsp3) is 0.450. The highest BCUT2D eigenvalue weighted by molar-refractivity contribution is 6.31. The average molecular weight is 405 g/mol. The minimum absolute atomic E-state index is 0.0142. The van der Waals surface area contributed by atoms with Gasteiger partial charge in [-0.05, 0) is 50.2 Å². The number of aryl methyl sites for hydroxylation is 1. The van der Waals surface area contributed by atoms with E-state index in [1.807, 2.05) is 19.3 Å². The van der Waals surface area contributed by atoms with Gasteiger partial charge < -0.3 is 9.88 Å². The van der Waals surface area contributed by atoms with Crippen molar-refractivity contribution in [2.24, 2.45) is 7.05 Å². The number of aromatic nitrogens is 1. The third-order valence-electron chi connectivity index (χ3n) is 5.26. The molecule has 1 aromatic heterocycles. The fourth-order valence-corrected chi connectivity index (χ4v) is 3.95. The van der Waals surface area contributed by atoms with Gasteiger partial charge in [0, 0.05) is 36.6 Å². The third-order valence-corrected chi connectivity index (χ3v) is 5.50. The molecule has 0 bridgehead atoms. The molecule has 2 heterocycles. The number of hydrogen-bond acceptors (Lipinski definition) is 4. The van der Waals surface area contributed by atoms with Crippen molar-refractivity contribution < 1.29 is 9.72 Å². The smallest absolute Gasteiger partial charge is 0.282 e. The molecule has 1 aromatic carbocycles. The molecule has 0 aliphatic carbocycles. The molecular formula is C20H25ClN4O3. The van der Waals surface area contributed by atoms with E-state index >= 15 is 0 Å². The zero-order valence-corrected chi connectivity index (χ0v) is 16.7. The Balaban J connectivity index is 1.80. The number of nitro groups is 1. The van der Waals surface area contributed by atoms with Gasteiger partial charge in [0.15, 0.2) is 0 Å². The van der Waals surface area contributed by atoms with Gasteiger partial charge in [0.05, 0.1) is 11.0 Å². The topological polar surface area (TPSA) is 80.4 Å². The minimum atomic E-state index is -0.561. The van der Waals surface area contributed by atoms with Crippen LogP contribution in [-0.2, 0) is 7.05 Å². The van der Waals surface area contributed by atoms with E-state index in [-0.39, 0.29) is 17.3 Å². The van der Waals surface area contributed by atoms with Gasteiger partial charge in [-0.15, -0.1) is 0 Å². The average Bonchev–Trinajstić information content (AvgIpc) is 2.92. The first kappa shape index (κ1) is 20.4. The number of rotatable bonds is 6. The van der Waals surface area contributed by atoms with Crippen LogP contribution < -0.4 is 5.32 Å². The molecule has 0 saturated carbocycles. The van der Waals surface area contributed by atoms with Crippen molar-refractivity contribution >= 4 is 23.2 Å². The molecular weight excluding hydrogens is 380 g/mol. The van der Waals surface area contributed by atoms with Gasteiger partial charge in [-0.1, -0.05) is 24.4 Å². The second-order valence-electron chi connectivity index (χ2n) is 7.14. The molecule has 1 fully saturated rings. The lowest BCUT2D eigenvalue weighted by Crippen LogP contribution is -2.39. The van der Waals surface area contributed by atoms with E-state index < -0.39 is 10.8 Å². The third kappa shape index (κ3) is 4.72. The predicted molar refractivity (Wildman–Crippen MR) is 109 cm³/mol. The SMILES string of the molecule is Cn1cccc1C(CNC(=O)c1cc(Cl)ccc1[N+](=O)[O-])N1CCCCCC1. The Morgan fingerprint density at radius 2 is 1.96 bits per heavy atom. The molecule has 1 aliphatic rings. The van der Waals surface area contributed by atoms with Gasteiger partial charge in [-0.25, -0.2) is 0 Å². The molecule has 1 unspecified atom stereocenters. The van der Waals surface area contributed by atoms with E-state index in [0.29, 0.717) is 11.6 Å². The fourth-order valence-electron chi connectivity index (χ4n) is 3.78. The van der Waals surface area contributed by atoms with Crippen molar-refractivity contribution in [1.82, 2.24) is 14.8 Å². The molecule has 7 nitrogen and oxygen atoms in total. The summed E-state index contributed by atoms with van der Waals surface area (Å²) in [7, 11) is 1.99. The van der Waals surface area contributed by atoms with Gasteiger partial charge >= 0.3 is 0 Å². The molecule has 1 saturated heterocycles. The van der Waals surface area contributed by atoms with Crippen LogP contribution in [-0.4, -0.2) is 39.9 Å². The second kappa shape index (κ2) is 9.21. The van der Waals surface area contributed by atoms with Crippen molar-refractivity contribution in [3.63, 3.8) is 0 Å². The number of likely N-dealkylation sites (tertiary alicyclic amines) is 1. The molecule has 3 rings (SSSR count). The quantitative estimate of drug-likeness (QED) is 0.584. The van der Waals surface area contributed by atoms with E-state index in [1.165, 1.54) is 31.0 Å². The van der Waals surface area contributed by atoms with Crippen LogP contribution in [0.15, 0.2) is 36.5 Å². The molecule has 1 N–H and O–H groups in total. The summed E-state index contributed by atoms with van der Waals surface area (Å²) in [6.07, 6.45) is 6.70. The van der Waals surface area contributed by atoms with E-state index in [2.05, 4.69) is 20.9 Å². The summed E-state index contributed by atoms with van der Waals surface area (Å²) < 4.78 is 2.06. The van der Waals surface area contributed by atoms with Gasteiger partial charge in [-0.2, -0.15) is 0 Å². The summed E-state index contributed by atoms with van der Waals surface area (Å²) >= 11 is 5.96. The lowest BCUT2D eigenvalue weighted by molar-refractivity contribution is -0.385. The summed E-state index contributed by atoms with van der Waals surface area (Å²) in [5.74, 6) is -0.483. The number of hydrogen-bond donors (Lipinski definition) is 1. The van der Waals surface area contributed by atoms with Crippen molar-refractivity contribution in [1.29, 1.82) is 0 Å². The van der Waals surface area contributed by atoms with Gasteiger partial charge in [0.1, 0.15) is 5.56 Å². The first-order valence-corrected chi connectivity index (χ1v) is 9.92. The molecule has 1 atom stereocenters. The summed E-state index contributed by atoms with van der Waals surface area (Å²) in [5, 5.41) is 14.5.